The van der Waals surface area contributed by atoms with Crippen molar-refractivity contribution >= 4 is 17.7 Å². The molecule has 0 fully saturated rings. The van der Waals surface area contributed by atoms with Gasteiger partial charge in [-0.25, -0.2) is 9.78 Å². The molecule has 0 unspecified atom stereocenters. The molecule has 0 saturated carbocycles. The number of carbonyl (C=O) groups is 1. The Morgan fingerprint density at radius 3 is 2.77 bits per heavy atom. The van der Waals surface area contributed by atoms with E-state index in [9.17, 15) is 4.79 Å². The van der Waals surface area contributed by atoms with Crippen molar-refractivity contribution in [2.75, 3.05) is 0 Å². The minimum atomic E-state index is -0.966. The third-order valence-corrected chi connectivity index (χ3v) is 3.10. The third kappa shape index (κ3) is 3.32. The number of pyridine rings is 1. The Morgan fingerprint density at radius 1 is 1.23 bits per heavy atom. The maximum Gasteiger partial charge on any atom is 0.328 e. The van der Waals surface area contributed by atoms with Crippen LogP contribution in [0.15, 0.2) is 60.9 Å². The summed E-state index contributed by atoms with van der Waals surface area (Å²) in [6.07, 6.45) is 6.51. The van der Waals surface area contributed by atoms with Crippen LogP contribution >= 0.6 is 0 Å². The zero-order valence-corrected chi connectivity index (χ0v) is 11.7. The van der Waals surface area contributed by atoms with E-state index in [1.807, 2.05) is 35.0 Å². The van der Waals surface area contributed by atoms with Gasteiger partial charge in [0.05, 0.1) is 5.69 Å². The quantitative estimate of drug-likeness (QED) is 0.735. The lowest BCUT2D eigenvalue weighted by molar-refractivity contribution is -0.131. The van der Waals surface area contributed by atoms with Crippen molar-refractivity contribution in [3.8, 4) is 5.75 Å². The molecule has 3 rings (SSSR count). The van der Waals surface area contributed by atoms with Gasteiger partial charge >= 0.3 is 5.97 Å². The maximum absolute atomic E-state index is 10.5. The summed E-state index contributed by atoms with van der Waals surface area (Å²) in [6.45, 7) is 0.381. The molecule has 2 heterocycles. The van der Waals surface area contributed by atoms with Crippen molar-refractivity contribution in [1.82, 2.24) is 9.38 Å². The number of benzene rings is 1. The molecule has 0 saturated heterocycles. The van der Waals surface area contributed by atoms with E-state index in [1.165, 1.54) is 6.08 Å². The van der Waals surface area contributed by atoms with Gasteiger partial charge in [0.15, 0.2) is 0 Å². The number of hydrogen-bond donors (Lipinski definition) is 1. The van der Waals surface area contributed by atoms with Crippen LogP contribution in [0.3, 0.4) is 0 Å². The Balaban J connectivity index is 1.64. The number of carboxylic acid groups (broad SMARTS) is 1. The molecular formula is C17H14N2O3. The average molecular weight is 294 g/mol. The lowest BCUT2D eigenvalue weighted by Gasteiger charge is -2.04. The van der Waals surface area contributed by atoms with E-state index >= 15 is 0 Å². The van der Waals surface area contributed by atoms with Crippen molar-refractivity contribution in [2.24, 2.45) is 0 Å². The van der Waals surface area contributed by atoms with Gasteiger partial charge in [-0.3, -0.25) is 0 Å². The highest BCUT2D eigenvalue weighted by molar-refractivity contribution is 5.85. The highest BCUT2D eigenvalue weighted by Gasteiger charge is 2.02. The minimum Gasteiger partial charge on any atom is -0.487 e. The van der Waals surface area contributed by atoms with E-state index in [4.69, 9.17) is 9.84 Å². The van der Waals surface area contributed by atoms with Gasteiger partial charge in [-0.1, -0.05) is 18.2 Å². The largest absolute Gasteiger partial charge is 0.487 e. The predicted octanol–water partition coefficient (Wildman–Crippen LogP) is 3.01. The molecule has 1 aromatic carbocycles. The summed E-state index contributed by atoms with van der Waals surface area (Å²) in [7, 11) is 0. The van der Waals surface area contributed by atoms with Crippen LogP contribution in [0.4, 0.5) is 0 Å². The second-order valence-corrected chi connectivity index (χ2v) is 4.73. The predicted molar refractivity (Wildman–Crippen MR) is 82.6 cm³/mol. The van der Waals surface area contributed by atoms with E-state index in [1.54, 1.807) is 24.3 Å². The van der Waals surface area contributed by atoms with Crippen LogP contribution in [0.2, 0.25) is 0 Å². The third-order valence-electron chi connectivity index (χ3n) is 3.10. The monoisotopic (exact) mass is 294 g/mol. The molecule has 0 amide bonds. The normalized spacial score (nSPS) is 11.1. The first kappa shape index (κ1) is 13.9. The fraction of sp³-hybridized carbons (Fsp3) is 0.0588. The van der Waals surface area contributed by atoms with Crippen LogP contribution in [0, 0.1) is 0 Å². The van der Waals surface area contributed by atoms with Gasteiger partial charge in [0.2, 0.25) is 0 Å². The number of nitrogens with zero attached hydrogens (tertiary/aromatic N) is 2. The molecule has 0 atom stereocenters. The summed E-state index contributed by atoms with van der Waals surface area (Å²) in [5.74, 6) is -0.253. The SMILES string of the molecule is O=C(O)C=Cc1ccc(OCc2cn3ccccc3n2)cc1. The summed E-state index contributed by atoms with van der Waals surface area (Å²) >= 11 is 0. The molecule has 0 radical (unpaired) electrons. The van der Waals surface area contributed by atoms with Gasteiger partial charge in [-0.15, -0.1) is 0 Å². The molecule has 1 N–H and O–H groups in total. The van der Waals surface area contributed by atoms with Crippen molar-refractivity contribution in [3.63, 3.8) is 0 Å². The Labute approximate surface area is 127 Å². The van der Waals surface area contributed by atoms with Crippen LogP contribution < -0.4 is 4.74 Å². The molecule has 0 spiro atoms. The molecule has 110 valence electrons. The minimum absolute atomic E-state index is 0.381. The molecule has 5 heteroatoms. The molecule has 0 bridgehead atoms. The Hall–Kier alpha value is -3.08. The molecular weight excluding hydrogens is 280 g/mol. The second-order valence-electron chi connectivity index (χ2n) is 4.73. The lowest BCUT2D eigenvalue weighted by atomic mass is 10.2. The lowest BCUT2D eigenvalue weighted by Crippen LogP contribution is -1.95. The number of aromatic nitrogens is 2. The van der Waals surface area contributed by atoms with E-state index in [-0.39, 0.29) is 0 Å². The van der Waals surface area contributed by atoms with Gasteiger partial charge in [-0.2, -0.15) is 0 Å². The van der Waals surface area contributed by atoms with E-state index in [0.29, 0.717) is 12.4 Å². The number of fused-ring (bicyclic) bond motifs is 1. The Bertz CT molecular complexity index is 786. The van der Waals surface area contributed by atoms with Crippen molar-refractivity contribution in [1.29, 1.82) is 0 Å². The number of aliphatic carboxylic acids is 1. The number of hydrogen-bond acceptors (Lipinski definition) is 3. The number of carboxylic acids is 1. The molecule has 3 aromatic rings. The van der Waals surface area contributed by atoms with Gasteiger partial charge < -0.3 is 14.2 Å². The van der Waals surface area contributed by atoms with Crippen LogP contribution in [0.5, 0.6) is 5.75 Å². The molecule has 0 aliphatic heterocycles. The van der Waals surface area contributed by atoms with Gasteiger partial charge in [0.1, 0.15) is 18.0 Å². The van der Waals surface area contributed by atoms with Crippen molar-refractivity contribution in [2.45, 2.75) is 6.61 Å². The summed E-state index contributed by atoms with van der Waals surface area (Å²) in [6, 6.07) is 13.0. The van der Waals surface area contributed by atoms with Crippen LogP contribution in [0.25, 0.3) is 11.7 Å². The molecule has 0 aliphatic carbocycles. The van der Waals surface area contributed by atoms with Crippen LogP contribution in [-0.2, 0) is 11.4 Å². The zero-order valence-electron chi connectivity index (χ0n) is 11.7. The number of imidazole rings is 1. The van der Waals surface area contributed by atoms with Crippen molar-refractivity contribution < 1.29 is 14.6 Å². The summed E-state index contributed by atoms with van der Waals surface area (Å²) in [5.41, 5.74) is 2.54. The van der Waals surface area contributed by atoms with Crippen LogP contribution in [0.1, 0.15) is 11.3 Å². The van der Waals surface area contributed by atoms with Crippen molar-refractivity contribution in [3.05, 3.63) is 72.2 Å². The molecule has 22 heavy (non-hydrogen) atoms. The summed E-state index contributed by atoms with van der Waals surface area (Å²) in [4.78, 5) is 14.9. The van der Waals surface area contributed by atoms with Gasteiger partial charge in [0.25, 0.3) is 0 Å². The Morgan fingerprint density at radius 2 is 2.05 bits per heavy atom. The van der Waals surface area contributed by atoms with Crippen LogP contribution in [-0.4, -0.2) is 20.5 Å². The first-order chi connectivity index (χ1) is 10.7. The zero-order chi connectivity index (χ0) is 15.4. The highest BCUT2D eigenvalue weighted by Crippen LogP contribution is 2.15. The maximum atomic E-state index is 10.5. The average Bonchev–Trinajstić information content (AvgIpc) is 2.95. The Kier molecular flexibility index (Phi) is 3.87. The molecule has 5 nitrogen and oxygen atoms in total. The first-order valence-corrected chi connectivity index (χ1v) is 6.77. The number of ether oxygens (including phenoxy) is 1. The van der Waals surface area contributed by atoms with E-state index in [2.05, 4.69) is 4.98 Å². The fourth-order valence-corrected chi connectivity index (χ4v) is 2.06. The highest BCUT2D eigenvalue weighted by atomic mass is 16.5. The standard InChI is InChI=1S/C17H14N2O3/c20-17(21)9-6-13-4-7-15(8-5-13)22-12-14-11-19-10-2-1-3-16(19)18-14/h1-11H,12H2,(H,20,21). The first-order valence-electron chi connectivity index (χ1n) is 6.77. The van der Waals surface area contributed by atoms with E-state index in [0.717, 1.165) is 23.0 Å². The van der Waals surface area contributed by atoms with E-state index < -0.39 is 5.97 Å². The van der Waals surface area contributed by atoms with Gasteiger partial charge in [-0.05, 0) is 35.9 Å². The number of rotatable bonds is 5. The smallest absolute Gasteiger partial charge is 0.328 e. The fourth-order valence-electron chi connectivity index (χ4n) is 2.06. The second kappa shape index (κ2) is 6.13. The van der Waals surface area contributed by atoms with Gasteiger partial charge in [0, 0.05) is 18.5 Å². The summed E-state index contributed by atoms with van der Waals surface area (Å²) in [5, 5.41) is 8.58. The summed E-state index contributed by atoms with van der Waals surface area (Å²) < 4.78 is 7.63. The molecule has 2 aromatic heterocycles. The molecule has 0 aliphatic rings. The topological polar surface area (TPSA) is 63.8 Å².